The fourth-order valence-corrected chi connectivity index (χ4v) is 2.92. The first-order valence-corrected chi connectivity index (χ1v) is 8.05. The van der Waals surface area contributed by atoms with Gasteiger partial charge in [-0.25, -0.2) is 4.98 Å². The van der Waals surface area contributed by atoms with Crippen LogP contribution in [0.2, 0.25) is 0 Å². The molecule has 1 saturated heterocycles. The number of aryl methyl sites for hydroxylation is 1. The highest BCUT2D eigenvalue weighted by Gasteiger charge is 2.36. The van der Waals surface area contributed by atoms with Gasteiger partial charge in [0.25, 0.3) is 0 Å². The highest BCUT2D eigenvalue weighted by molar-refractivity contribution is 5.82. The fraction of sp³-hybridized carbons (Fsp3) is 0.750. The number of piperidine rings is 1. The molecule has 1 fully saturated rings. The molecule has 0 aromatic carbocycles. The lowest BCUT2D eigenvalue weighted by atomic mass is 9.74. The average molecular weight is 292 g/mol. The van der Waals surface area contributed by atoms with Crippen molar-refractivity contribution in [3.05, 3.63) is 18.7 Å². The predicted molar refractivity (Wildman–Crippen MR) is 83.8 cm³/mol. The number of unbranched alkanes of at least 4 members (excludes halogenated alkanes) is 1. The fourth-order valence-electron chi connectivity index (χ4n) is 2.92. The molecule has 1 amide bonds. The van der Waals surface area contributed by atoms with Crippen LogP contribution in [0.4, 0.5) is 0 Å². The van der Waals surface area contributed by atoms with Gasteiger partial charge in [-0.05, 0) is 44.7 Å². The van der Waals surface area contributed by atoms with Crippen LogP contribution in [-0.2, 0) is 11.3 Å². The number of hydrogen-bond acceptors (Lipinski definition) is 3. The average Bonchev–Trinajstić information content (AvgIpc) is 3.01. The van der Waals surface area contributed by atoms with E-state index in [0.717, 1.165) is 45.4 Å². The van der Waals surface area contributed by atoms with E-state index in [0.29, 0.717) is 5.92 Å². The molecule has 0 bridgehead atoms. The van der Waals surface area contributed by atoms with E-state index in [4.69, 9.17) is 0 Å². The molecule has 2 N–H and O–H groups in total. The summed E-state index contributed by atoms with van der Waals surface area (Å²) in [7, 11) is 0. The largest absolute Gasteiger partial charge is 0.356 e. The van der Waals surface area contributed by atoms with E-state index in [2.05, 4.69) is 34.0 Å². The van der Waals surface area contributed by atoms with Gasteiger partial charge in [0.15, 0.2) is 0 Å². The minimum atomic E-state index is -0.280. The minimum absolute atomic E-state index is 0.193. The lowest BCUT2D eigenvalue weighted by Gasteiger charge is -2.36. The Hall–Kier alpha value is -1.36. The Kier molecular flexibility index (Phi) is 5.79. The zero-order valence-electron chi connectivity index (χ0n) is 13.3. The third-order valence-corrected chi connectivity index (χ3v) is 4.59. The maximum atomic E-state index is 12.4. The molecule has 0 saturated carbocycles. The number of hydrogen-bond donors (Lipinski definition) is 2. The number of nitrogens with one attached hydrogen (secondary N) is 2. The number of rotatable bonds is 7. The summed E-state index contributed by atoms with van der Waals surface area (Å²) in [5.41, 5.74) is -0.280. The van der Waals surface area contributed by atoms with Gasteiger partial charge in [-0.1, -0.05) is 13.8 Å². The maximum Gasteiger partial charge on any atom is 0.225 e. The van der Waals surface area contributed by atoms with Crippen LogP contribution in [0.15, 0.2) is 18.7 Å². The summed E-state index contributed by atoms with van der Waals surface area (Å²) in [6.45, 7) is 7.92. The summed E-state index contributed by atoms with van der Waals surface area (Å²) in [6, 6.07) is 0. The Bertz CT molecular complexity index is 421. The topological polar surface area (TPSA) is 59.0 Å². The van der Waals surface area contributed by atoms with E-state index in [-0.39, 0.29) is 11.3 Å². The van der Waals surface area contributed by atoms with Crippen molar-refractivity contribution in [1.29, 1.82) is 0 Å². The van der Waals surface area contributed by atoms with Gasteiger partial charge in [0, 0.05) is 30.9 Å². The molecule has 118 valence electrons. The van der Waals surface area contributed by atoms with Crippen molar-refractivity contribution < 1.29 is 4.79 Å². The number of amides is 1. The second-order valence-corrected chi connectivity index (χ2v) is 6.53. The lowest BCUT2D eigenvalue weighted by Crippen LogP contribution is -2.47. The summed E-state index contributed by atoms with van der Waals surface area (Å²) in [4.78, 5) is 16.4. The third-order valence-electron chi connectivity index (χ3n) is 4.59. The molecular formula is C16H28N4O. The highest BCUT2D eigenvalue weighted by Crippen LogP contribution is 2.31. The van der Waals surface area contributed by atoms with E-state index in [1.54, 1.807) is 6.20 Å². The maximum absolute atomic E-state index is 12.4. The molecule has 5 heteroatoms. The molecule has 0 spiro atoms. The minimum Gasteiger partial charge on any atom is -0.356 e. The molecule has 1 aromatic rings. The first-order valence-electron chi connectivity index (χ1n) is 8.05. The van der Waals surface area contributed by atoms with E-state index in [1.165, 1.54) is 6.42 Å². The van der Waals surface area contributed by atoms with Gasteiger partial charge in [0.2, 0.25) is 5.91 Å². The summed E-state index contributed by atoms with van der Waals surface area (Å²) in [5, 5.41) is 6.51. The van der Waals surface area contributed by atoms with Gasteiger partial charge < -0.3 is 15.2 Å². The SMILES string of the molecule is CC(C)(C(=O)NCCCCn1ccnc1)C1CCCNC1. The van der Waals surface area contributed by atoms with Crippen molar-refractivity contribution in [2.75, 3.05) is 19.6 Å². The zero-order valence-corrected chi connectivity index (χ0v) is 13.3. The van der Waals surface area contributed by atoms with Gasteiger partial charge in [0.1, 0.15) is 0 Å². The predicted octanol–water partition coefficient (Wildman–Crippen LogP) is 1.81. The van der Waals surface area contributed by atoms with Gasteiger partial charge in [-0.3, -0.25) is 4.79 Å². The van der Waals surface area contributed by atoms with Crippen molar-refractivity contribution in [3.63, 3.8) is 0 Å². The summed E-state index contributed by atoms with van der Waals surface area (Å²) >= 11 is 0. The smallest absolute Gasteiger partial charge is 0.225 e. The van der Waals surface area contributed by atoms with Crippen molar-refractivity contribution >= 4 is 5.91 Å². The molecule has 0 radical (unpaired) electrons. The molecule has 1 atom stereocenters. The number of aromatic nitrogens is 2. The summed E-state index contributed by atoms with van der Waals surface area (Å²) in [5.74, 6) is 0.635. The first kappa shape index (κ1) is 16.0. The van der Waals surface area contributed by atoms with Crippen LogP contribution in [0.3, 0.4) is 0 Å². The number of nitrogens with zero attached hydrogens (tertiary/aromatic N) is 2. The molecule has 21 heavy (non-hydrogen) atoms. The number of carbonyl (C=O) groups excluding carboxylic acids is 1. The normalized spacial score (nSPS) is 19.4. The van der Waals surface area contributed by atoms with Gasteiger partial charge in [-0.2, -0.15) is 0 Å². The second-order valence-electron chi connectivity index (χ2n) is 6.53. The Morgan fingerprint density at radius 1 is 1.48 bits per heavy atom. The Morgan fingerprint density at radius 2 is 2.33 bits per heavy atom. The van der Waals surface area contributed by atoms with E-state index < -0.39 is 0 Å². The third kappa shape index (κ3) is 4.56. The quantitative estimate of drug-likeness (QED) is 0.754. The van der Waals surface area contributed by atoms with Crippen LogP contribution >= 0.6 is 0 Å². The van der Waals surface area contributed by atoms with Crippen molar-refractivity contribution in [3.8, 4) is 0 Å². The van der Waals surface area contributed by atoms with Crippen LogP contribution in [0, 0.1) is 11.3 Å². The van der Waals surface area contributed by atoms with Crippen LogP contribution in [0.1, 0.15) is 39.5 Å². The number of imidazole rings is 1. The van der Waals surface area contributed by atoms with Crippen LogP contribution in [0.25, 0.3) is 0 Å². The van der Waals surface area contributed by atoms with Crippen LogP contribution < -0.4 is 10.6 Å². The molecule has 2 heterocycles. The summed E-state index contributed by atoms with van der Waals surface area (Å²) in [6.07, 6.45) is 9.98. The Balaban J connectivity index is 1.65. The Labute approximate surface area is 127 Å². The lowest BCUT2D eigenvalue weighted by molar-refractivity contribution is -0.132. The summed E-state index contributed by atoms with van der Waals surface area (Å²) < 4.78 is 2.07. The monoisotopic (exact) mass is 292 g/mol. The second kappa shape index (κ2) is 7.59. The van der Waals surface area contributed by atoms with Crippen molar-refractivity contribution in [2.45, 2.75) is 46.1 Å². The zero-order chi connectivity index (χ0) is 15.1. The van der Waals surface area contributed by atoms with E-state index in [9.17, 15) is 4.79 Å². The van der Waals surface area contributed by atoms with Gasteiger partial charge in [-0.15, -0.1) is 0 Å². The standard InChI is InChI=1S/C16H28N4O/c1-16(2,14-6-5-7-17-12-14)15(21)19-8-3-4-10-20-11-9-18-13-20/h9,11,13-14,17H,3-8,10,12H2,1-2H3,(H,19,21). The molecular weight excluding hydrogens is 264 g/mol. The molecule has 1 unspecified atom stereocenters. The number of carbonyl (C=O) groups is 1. The van der Waals surface area contributed by atoms with E-state index in [1.807, 2.05) is 12.5 Å². The molecule has 1 aliphatic heterocycles. The van der Waals surface area contributed by atoms with Crippen LogP contribution in [-0.4, -0.2) is 35.1 Å². The van der Waals surface area contributed by atoms with E-state index >= 15 is 0 Å². The molecule has 2 rings (SSSR count). The van der Waals surface area contributed by atoms with Crippen molar-refractivity contribution in [1.82, 2.24) is 20.2 Å². The van der Waals surface area contributed by atoms with Crippen LogP contribution in [0.5, 0.6) is 0 Å². The van der Waals surface area contributed by atoms with Crippen molar-refractivity contribution in [2.24, 2.45) is 11.3 Å². The molecule has 1 aromatic heterocycles. The molecule has 5 nitrogen and oxygen atoms in total. The molecule has 0 aliphatic carbocycles. The highest BCUT2D eigenvalue weighted by atomic mass is 16.2. The van der Waals surface area contributed by atoms with Gasteiger partial charge in [0.05, 0.1) is 6.33 Å². The van der Waals surface area contributed by atoms with Gasteiger partial charge >= 0.3 is 0 Å². The Morgan fingerprint density at radius 3 is 3.00 bits per heavy atom. The molecule has 1 aliphatic rings. The first-order chi connectivity index (χ1) is 10.1.